The number of fused-ring (bicyclic) bond motifs is 2. The molecule has 0 saturated heterocycles. The first-order valence-electron chi connectivity index (χ1n) is 10.3. The van der Waals surface area contributed by atoms with Gasteiger partial charge in [0.15, 0.2) is 0 Å². The number of rotatable bonds is 4. The van der Waals surface area contributed by atoms with E-state index >= 15 is 0 Å². The van der Waals surface area contributed by atoms with Gasteiger partial charge in [0, 0.05) is 16.1 Å². The fourth-order valence-corrected chi connectivity index (χ4v) is 4.17. The van der Waals surface area contributed by atoms with Crippen LogP contribution in [0.4, 0.5) is 5.69 Å². The van der Waals surface area contributed by atoms with Gasteiger partial charge < -0.3 is 15.2 Å². The van der Waals surface area contributed by atoms with Crippen molar-refractivity contribution >= 4 is 28.8 Å². The number of anilines is 1. The van der Waals surface area contributed by atoms with Crippen molar-refractivity contribution in [2.24, 2.45) is 0 Å². The molecule has 5 nitrogen and oxygen atoms in total. The highest BCUT2D eigenvalue weighted by Gasteiger charge is 2.30. The summed E-state index contributed by atoms with van der Waals surface area (Å²) in [5.41, 5.74) is 10.3. The Morgan fingerprint density at radius 1 is 0.806 bits per heavy atom. The lowest BCUT2D eigenvalue weighted by Crippen LogP contribution is -2.11. The van der Waals surface area contributed by atoms with Crippen molar-refractivity contribution in [1.29, 1.82) is 0 Å². The van der Waals surface area contributed by atoms with Gasteiger partial charge in [-0.2, -0.15) is 0 Å². The zero-order valence-corrected chi connectivity index (χ0v) is 17.3. The van der Waals surface area contributed by atoms with Crippen LogP contribution in [0.15, 0.2) is 60.7 Å². The maximum absolute atomic E-state index is 12.8. The molecular weight excluding hydrogens is 390 g/mol. The van der Waals surface area contributed by atoms with E-state index in [1.54, 1.807) is 12.1 Å². The highest BCUT2D eigenvalue weighted by Crippen LogP contribution is 2.31. The molecule has 2 N–H and O–H groups in total. The first-order valence-corrected chi connectivity index (χ1v) is 10.3. The van der Waals surface area contributed by atoms with E-state index in [0.29, 0.717) is 38.8 Å². The average Bonchev–Trinajstić information content (AvgIpc) is 3.26. The van der Waals surface area contributed by atoms with Gasteiger partial charge in [-0.05, 0) is 53.3 Å². The molecule has 3 aromatic rings. The molecule has 1 unspecified atom stereocenters. The monoisotopic (exact) mass is 411 g/mol. The molecule has 2 aliphatic heterocycles. The van der Waals surface area contributed by atoms with Crippen LogP contribution in [-0.2, 0) is 9.59 Å². The van der Waals surface area contributed by atoms with Gasteiger partial charge >= 0.3 is 11.9 Å². The number of hydrogen-bond donors (Lipinski definition) is 1. The molecule has 3 aromatic carbocycles. The van der Waals surface area contributed by atoms with E-state index in [1.165, 1.54) is 0 Å². The molecule has 0 amide bonds. The van der Waals surface area contributed by atoms with Gasteiger partial charge in [0.2, 0.25) is 0 Å². The second-order valence-electron chi connectivity index (χ2n) is 7.89. The Morgan fingerprint density at radius 2 is 1.39 bits per heavy atom. The minimum atomic E-state index is -0.425. The van der Waals surface area contributed by atoms with Gasteiger partial charge in [-0.1, -0.05) is 50.2 Å². The second-order valence-corrected chi connectivity index (χ2v) is 7.89. The minimum absolute atomic E-state index is 0.265. The molecule has 0 fully saturated rings. The largest absolute Gasteiger partial charge is 0.422 e. The Bertz CT molecular complexity index is 1370. The third-order valence-electron chi connectivity index (χ3n) is 6.02. The van der Waals surface area contributed by atoms with Crippen LogP contribution >= 0.6 is 0 Å². The van der Waals surface area contributed by atoms with Crippen LogP contribution in [0.5, 0.6) is 11.5 Å². The lowest BCUT2D eigenvalue weighted by Gasteiger charge is -2.14. The Kier molecular flexibility index (Phi) is 4.40. The number of nitrogen functional groups attached to an aromatic ring is 1. The molecule has 0 aromatic heterocycles. The third kappa shape index (κ3) is 3.01. The van der Waals surface area contributed by atoms with Gasteiger partial charge in [-0.25, -0.2) is 9.59 Å². The number of nitrogens with two attached hydrogens (primary N) is 1. The summed E-state index contributed by atoms with van der Waals surface area (Å²) >= 11 is 0. The van der Waals surface area contributed by atoms with Crippen molar-refractivity contribution in [2.75, 3.05) is 5.73 Å². The first-order chi connectivity index (χ1) is 15.0. The van der Waals surface area contributed by atoms with Crippen LogP contribution < -0.4 is 25.6 Å². The molecule has 0 saturated carbocycles. The van der Waals surface area contributed by atoms with Gasteiger partial charge in [-0.15, -0.1) is 0 Å². The van der Waals surface area contributed by atoms with Gasteiger partial charge in [0.1, 0.15) is 11.5 Å². The Morgan fingerprint density at radius 3 is 1.97 bits per heavy atom. The summed E-state index contributed by atoms with van der Waals surface area (Å²) in [6, 6.07) is 18.4. The summed E-state index contributed by atoms with van der Waals surface area (Å²) in [4.78, 5) is 25.4. The Hall–Kier alpha value is -3.86. The van der Waals surface area contributed by atoms with Crippen molar-refractivity contribution in [3.8, 4) is 11.5 Å². The molecule has 2 aliphatic rings. The summed E-state index contributed by atoms with van der Waals surface area (Å²) in [5.74, 6) is 0.278. The van der Waals surface area contributed by atoms with E-state index in [4.69, 9.17) is 15.2 Å². The predicted octanol–water partition coefficient (Wildman–Crippen LogP) is 3.02. The van der Waals surface area contributed by atoms with Crippen molar-refractivity contribution in [2.45, 2.75) is 26.2 Å². The van der Waals surface area contributed by atoms with Crippen LogP contribution in [0, 0.1) is 0 Å². The van der Waals surface area contributed by atoms with Crippen LogP contribution in [0.25, 0.3) is 11.1 Å². The Balaban J connectivity index is 1.74. The molecule has 0 spiro atoms. The quantitative estimate of drug-likeness (QED) is 0.406. The molecule has 5 heteroatoms. The molecule has 5 rings (SSSR count). The van der Waals surface area contributed by atoms with Crippen LogP contribution in [0.3, 0.4) is 0 Å². The minimum Gasteiger partial charge on any atom is -0.422 e. The fourth-order valence-electron chi connectivity index (χ4n) is 4.17. The normalized spacial score (nSPS) is 15.4. The SMILES string of the molecule is CCC(C)c1cc(C2=c3cc4c(cc3OC2=O)=C(c2ccccc2)C(=O)O4)ccc1N. The molecule has 1 atom stereocenters. The zero-order chi connectivity index (χ0) is 21.7. The van der Waals surface area contributed by atoms with E-state index < -0.39 is 11.9 Å². The number of carbonyl (C=O) groups excluding carboxylic acids is 2. The summed E-state index contributed by atoms with van der Waals surface area (Å²) in [5, 5.41) is 1.24. The third-order valence-corrected chi connectivity index (χ3v) is 6.02. The van der Waals surface area contributed by atoms with E-state index in [9.17, 15) is 9.59 Å². The van der Waals surface area contributed by atoms with Crippen molar-refractivity contribution in [3.63, 3.8) is 0 Å². The number of esters is 2. The molecule has 0 bridgehead atoms. The van der Waals surface area contributed by atoms with E-state index in [0.717, 1.165) is 23.1 Å². The topological polar surface area (TPSA) is 78.6 Å². The van der Waals surface area contributed by atoms with Crippen molar-refractivity contribution in [1.82, 2.24) is 0 Å². The summed E-state index contributed by atoms with van der Waals surface area (Å²) < 4.78 is 11.1. The lowest BCUT2D eigenvalue weighted by molar-refractivity contribution is -0.128. The maximum atomic E-state index is 12.8. The fraction of sp³-hybridized carbons (Fsp3) is 0.154. The first kappa shape index (κ1) is 19.1. The standard InChI is InChI=1S/C26H21NO4/c1-3-14(2)17-11-16(9-10-20(17)27)24-19-13-21-18(12-22(19)31-26(24)29)23(25(28)30-21)15-7-5-4-6-8-15/h4-14H,3,27H2,1-2H3. The van der Waals surface area contributed by atoms with Gasteiger partial charge in [0.25, 0.3) is 0 Å². The molecule has 0 radical (unpaired) electrons. The van der Waals surface area contributed by atoms with Crippen molar-refractivity contribution < 1.29 is 19.1 Å². The van der Waals surface area contributed by atoms with E-state index in [-0.39, 0.29) is 5.92 Å². The summed E-state index contributed by atoms with van der Waals surface area (Å²) in [6.07, 6.45) is 0.936. The smallest absolute Gasteiger partial charge is 0.344 e. The molecule has 31 heavy (non-hydrogen) atoms. The number of benzene rings is 3. The zero-order valence-electron chi connectivity index (χ0n) is 17.3. The van der Waals surface area contributed by atoms with Crippen LogP contribution in [0.2, 0.25) is 0 Å². The summed E-state index contributed by atoms with van der Waals surface area (Å²) in [7, 11) is 0. The Labute approximate surface area is 179 Å². The number of hydrogen-bond acceptors (Lipinski definition) is 5. The van der Waals surface area contributed by atoms with E-state index in [2.05, 4.69) is 13.8 Å². The van der Waals surface area contributed by atoms with Crippen LogP contribution in [-0.4, -0.2) is 11.9 Å². The predicted molar refractivity (Wildman–Crippen MR) is 118 cm³/mol. The second kappa shape index (κ2) is 7.13. The maximum Gasteiger partial charge on any atom is 0.344 e. The molecule has 0 aliphatic carbocycles. The summed E-state index contributed by atoms with van der Waals surface area (Å²) in [6.45, 7) is 4.20. The average molecular weight is 411 g/mol. The van der Waals surface area contributed by atoms with E-state index in [1.807, 2.05) is 48.5 Å². The number of ether oxygens (including phenoxy) is 2. The van der Waals surface area contributed by atoms with Crippen molar-refractivity contribution in [3.05, 3.63) is 87.8 Å². The molecular formula is C26H21NO4. The van der Waals surface area contributed by atoms with Crippen LogP contribution in [0.1, 0.15) is 42.9 Å². The highest BCUT2D eigenvalue weighted by atomic mass is 16.5. The number of carbonyl (C=O) groups is 2. The van der Waals surface area contributed by atoms with Gasteiger partial charge in [-0.3, -0.25) is 0 Å². The molecule has 154 valence electrons. The van der Waals surface area contributed by atoms with Gasteiger partial charge in [0.05, 0.1) is 11.1 Å². The highest BCUT2D eigenvalue weighted by molar-refractivity contribution is 6.21. The lowest BCUT2D eigenvalue weighted by atomic mass is 9.92. The molecule has 2 heterocycles.